The predicted octanol–water partition coefficient (Wildman–Crippen LogP) is 2.68. The Balaban J connectivity index is 1.80. The fourth-order valence-electron chi connectivity index (χ4n) is 2.39. The number of halogens is 1. The fraction of sp³-hybridized carbons (Fsp3) is 0.571. The van der Waals surface area contributed by atoms with Gasteiger partial charge in [-0.25, -0.2) is 0 Å². The highest BCUT2D eigenvalue weighted by atomic mass is 79.9. The third kappa shape index (κ3) is 4.09. The molecule has 1 N–H and O–H groups in total. The molecule has 1 aromatic carbocycles. The topological polar surface area (TPSA) is 15.3 Å². The Hall–Kier alpha value is -0.380. The first kappa shape index (κ1) is 13.1. The molecule has 3 heteroatoms. The standard InChI is InChI=1S/C14H21BrN2/c1-17(14-6-3-8-16-11-14)9-7-12-4-2-5-13(15)10-12/h2,4-5,10,14,16H,3,6-9,11H2,1H3. The second-order valence-corrected chi connectivity index (χ2v) is 5.78. The molecule has 94 valence electrons. The van der Waals surface area contributed by atoms with Crippen molar-refractivity contribution >= 4 is 15.9 Å². The van der Waals surface area contributed by atoms with Crippen molar-refractivity contribution in [3.05, 3.63) is 34.3 Å². The number of hydrogen-bond donors (Lipinski definition) is 1. The summed E-state index contributed by atoms with van der Waals surface area (Å²) in [6, 6.07) is 9.33. The van der Waals surface area contributed by atoms with Crippen LogP contribution in [0.2, 0.25) is 0 Å². The molecule has 0 saturated carbocycles. The second kappa shape index (κ2) is 6.53. The summed E-state index contributed by atoms with van der Waals surface area (Å²) in [6.07, 6.45) is 3.78. The highest BCUT2D eigenvalue weighted by molar-refractivity contribution is 9.10. The summed E-state index contributed by atoms with van der Waals surface area (Å²) in [6.45, 7) is 3.48. The Labute approximate surface area is 113 Å². The zero-order chi connectivity index (χ0) is 12.1. The van der Waals surface area contributed by atoms with Gasteiger partial charge in [-0.3, -0.25) is 0 Å². The van der Waals surface area contributed by atoms with Crippen LogP contribution < -0.4 is 5.32 Å². The SMILES string of the molecule is CN(CCc1cccc(Br)c1)C1CCCNC1. The van der Waals surface area contributed by atoms with E-state index in [1.807, 2.05) is 0 Å². The van der Waals surface area contributed by atoms with Gasteiger partial charge >= 0.3 is 0 Å². The van der Waals surface area contributed by atoms with E-state index in [2.05, 4.69) is 57.5 Å². The number of rotatable bonds is 4. The molecular formula is C14H21BrN2. The molecule has 1 heterocycles. The Morgan fingerprint density at radius 2 is 2.35 bits per heavy atom. The zero-order valence-electron chi connectivity index (χ0n) is 10.5. The zero-order valence-corrected chi connectivity index (χ0v) is 12.0. The lowest BCUT2D eigenvalue weighted by atomic mass is 10.1. The molecule has 1 aliphatic rings. The van der Waals surface area contributed by atoms with Crippen molar-refractivity contribution in [3.8, 4) is 0 Å². The Morgan fingerprint density at radius 3 is 3.06 bits per heavy atom. The Bertz CT molecular complexity index is 348. The Morgan fingerprint density at radius 1 is 1.47 bits per heavy atom. The van der Waals surface area contributed by atoms with Crippen molar-refractivity contribution in [2.75, 3.05) is 26.7 Å². The van der Waals surface area contributed by atoms with Gasteiger partial charge in [0.1, 0.15) is 0 Å². The summed E-state index contributed by atoms with van der Waals surface area (Å²) in [5.74, 6) is 0. The number of likely N-dealkylation sites (N-methyl/N-ethyl adjacent to an activating group) is 1. The number of nitrogens with one attached hydrogen (secondary N) is 1. The van der Waals surface area contributed by atoms with E-state index >= 15 is 0 Å². The first-order valence-electron chi connectivity index (χ1n) is 6.41. The normalized spacial score (nSPS) is 20.8. The first-order valence-corrected chi connectivity index (χ1v) is 7.20. The minimum Gasteiger partial charge on any atom is -0.315 e. The van der Waals surface area contributed by atoms with Crippen molar-refractivity contribution in [1.29, 1.82) is 0 Å². The van der Waals surface area contributed by atoms with E-state index in [1.54, 1.807) is 0 Å². The van der Waals surface area contributed by atoms with Gasteiger partial charge in [0.2, 0.25) is 0 Å². The van der Waals surface area contributed by atoms with E-state index in [4.69, 9.17) is 0 Å². The van der Waals surface area contributed by atoms with Gasteiger partial charge in [-0.15, -0.1) is 0 Å². The summed E-state index contributed by atoms with van der Waals surface area (Å²) in [5.41, 5.74) is 1.41. The minimum absolute atomic E-state index is 0.718. The molecule has 0 spiro atoms. The molecule has 1 atom stereocenters. The van der Waals surface area contributed by atoms with Crippen molar-refractivity contribution in [3.63, 3.8) is 0 Å². The molecule has 1 saturated heterocycles. The summed E-state index contributed by atoms with van der Waals surface area (Å²) in [7, 11) is 2.25. The molecule has 0 radical (unpaired) electrons. The monoisotopic (exact) mass is 296 g/mol. The van der Waals surface area contributed by atoms with Crippen LogP contribution in [0.15, 0.2) is 28.7 Å². The molecule has 0 aliphatic carbocycles. The van der Waals surface area contributed by atoms with E-state index in [-0.39, 0.29) is 0 Å². The van der Waals surface area contributed by atoms with Crippen molar-refractivity contribution in [1.82, 2.24) is 10.2 Å². The van der Waals surface area contributed by atoms with Gasteiger partial charge in [-0.05, 0) is 50.6 Å². The summed E-state index contributed by atoms with van der Waals surface area (Å²) in [4.78, 5) is 2.49. The van der Waals surface area contributed by atoms with Crippen LogP contribution in [0.1, 0.15) is 18.4 Å². The second-order valence-electron chi connectivity index (χ2n) is 4.86. The highest BCUT2D eigenvalue weighted by Crippen LogP contribution is 2.13. The maximum atomic E-state index is 3.52. The summed E-state index contributed by atoms with van der Waals surface area (Å²) >= 11 is 3.52. The third-order valence-corrected chi connectivity index (χ3v) is 4.03. The lowest BCUT2D eigenvalue weighted by Crippen LogP contribution is -2.44. The summed E-state index contributed by atoms with van der Waals surface area (Å²) < 4.78 is 1.18. The van der Waals surface area contributed by atoms with Crippen LogP contribution in [0.3, 0.4) is 0 Å². The van der Waals surface area contributed by atoms with Crippen LogP contribution >= 0.6 is 15.9 Å². The molecule has 0 amide bonds. The molecule has 1 fully saturated rings. The van der Waals surface area contributed by atoms with Gasteiger partial charge in [0.25, 0.3) is 0 Å². The molecule has 0 aromatic heterocycles. The van der Waals surface area contributed by atoms with Crippen LogP contribution in [-0.4, -0.2) is 37.6 Å². The highest BCUT2D eigenvalue weighted by Gasteiger charge is 2.16. The lowest BCUT2D eigenvalue weighted by molar-refractivity contribution is 0.205. The van der Waals surface area contributed by atoms with Gasteiger partial charge < -0.3 is 10.2 Å². The molecule has 17 heavy (non-hydrogen) atoms. The van der Waals surface area contributed by atoms with Crippen molar-refractivity contribution < 1.29 is 0 Å². The van der Waals surface area contributed by atoms with Gasteiger partial charge in [0, 0.05) is 23.6 Å². The van der Waals surface area contributed by atoms with Crippen molar-refractivity contribution in [2.24, 2.45) is 0 Å². The first-order chi connectivity index (χ1) is 8.25. The van der Waals surface area contributed by atoms with Crippen LogP contribution in [-0.2, 0) is 6.42 Å². The average molecular weight is 297 g/mol. The van der Waals surface area contributed by atoms with Gasteiger partial charge in [0.05, 0.1) is 0 Å². The molecule has 2 nitrogen and oxygen atoms in total. The lowest BCUT2D eigenvalue weighted by Gasteiger charge is -2.31. The molecule has 1 aromatic rings. The number of hydrogen-bond acceptors (Lipinski definition) is 2. The molecule has 0 bridgehead atoms. The molecular weight excluding hydrogens is 276 g/mol. The molecule has 2 rings (SSSR count). The smallest absolute Gasteiger partial charge is 0.0218 e. The van der Waals surface area contributed by atoms with E-state index in [0.29, 0.717) is 0 Å². The van der Waals surface area contributed by atoms with E-state index in [9.17, 15) is 0 Å². The maximum Gasteiger partial charge on any atom is 0.0218 e. The average Bonchev–Trinajstić information content (AvgIpc) is 2.37. The third-order valence-electron chi connectivity index (χ3n) is 3.54. The molecule has 1 aliphatic heterocycles. The number of benzene rings is 1. The van der Waals surface area contributed by atoms with E-state index < -0.39 is 0 Å². The van der Waals surface area contributed by atoms with Gasteiger partial charge in [-0.1, -0.05) is 28.1 Å². The number of nitrogens with zero attached hydrogens (tertiary/aromatic N) is 1. The van der Waals surface area contributed by atoms with E-state index in [0.717, 1.165) is 25.6 Å². The minimum atomic E-state index is 0.718. The maximum absolute atomic E-state index is 3.52. The van der Waals surface area contributed by atoms with Crippen LogP contribution in [0.25, 0.3) is 0 Å². The van der Waals surface area contributed by atoms with Gasteiger partial charge in [-0.2, -0.15) is 0 Å². The number of piperidine rings is 1. The largest absolute Gasteiger partial charge is 0.315 e. The fourth-order valence-corrected chi connectivity index (χ4v) is 2.84. The quantitative estimate of drug-likeness (QED) is 0.919. The van der Waals surface area contributed by atoms with Crippen LogP contribution in [0.4, 0.5) is 0 Å². The predicted molar refractivity (Wildman–Crippen MR) is 76.4 cm³/mol. The molecule has 1 unspecified atom stereocenters. The summed E-state index contributed by atoms with van der Waals surface area (Å²) in [5, 5.41) is 3.47. The Kier molecular flexibility index (Phi) is 5.01. The van der Waals surface area contributed by atoms with Gasteiger partial charge in [0.15, 0.2) is 0 Å². The van der Waals surface area contributed by atoms with E-state index in [1.165, 1.54) is 29.4 Å². The van der Waals surface area contributed by atoms with Crippen LogP contribution in [0.5, 0.6) is 0 Å². The van der Waals surface area contributed by atoms with Crippen molar-refractivity contribution in [2.45, 2.75) is 25.3 Å². The van der Waals surface area contributed by atoms with Crippen LogP contribution in [0, 0.1) is 0 Å².